The summed E-state index contributed by atoms with van der Waals surface area (Å²) in [7, 11) is 4.74. The number of benzene rings is 2. The summed E-state index contributed by atoms with van der Waals surface area (Å²) in [5.74, 6) is 2.53. The molecule has 0 aromatic heterocycles. The molecule has 1 saturated heterocycles. The van der Waals surface area contributed by atoms with Crippen molar-refractivity contribution in [1.82, 2.24) is 0 Å². The number of esters is 1. The maximum atomic E-state index is 12.7. The third-order valence-electron chi connectivity index (χ3n) is 6.08. The van der Waals surface area contributed by atoms with Gasteiger partial charge in [-0.1, -0.05) is 0 Å². The van der Waals surface area contributed by atoms with Crippen molar-refractivity contribution in [2.24, 2.45) is 11.8 Å². The van der Waals surface area contributed by atoms with Crippen LogP contribution in [-0.4, -0.2) is 40.7 Å². The lowest BCUT2D eigenvalue weighted by atomic mass is 9.67. The van der Waals surface area contributed by atoms with Gasteiger partial charge >= 0.3 is 5.97 Å². The Balaban J connectivity index is 1.71. The van der Waals surface area contributed by atoms with E-state index in [1.165, 1.54) is 0 Å². The van der Waals surface area contributed by atoms with E-state index in [2.05, 4.69) is 0 Å². The first-order chi connectivity index (χ1) is 14.1. The Morgan fingerprint density at radius 1 is 0.897 bits per heavy atom. The van der Waals surface area contributed by atoms with Gasteiger partial charge < -0.3 is 28.4 Å². The fourth-order valence-electron chi connectivity index (χ4n) is 4.79. The highest BCUT2D eigenvalue weighted by atomic mass is 16.7. The quantitative estimate of drug-likeness (QED) is 0.733. The van der Waals surface area contributed by atoms with Crippen molar-refractivity contribution in [2.75, 3.05) is 34.7 Å². The van der Waals surface area contributed by atoms with Gasteiger partial charge in [-0.2, -0.15) is 0 Å². The summed E-state index contributed by atoms with van der Waals surface area (Å²) in [6, 6.07) is 7.84. The maximum absolute atomic E-state index is 12.7. The smallest absolute Gasteiger partial charge is 0.310 e. The van der Waals surface area contributed by atoms with E-state index in [9.17, 15) is 4.79 Å². The van der Waals surface area contributed by atoms with Crippen LogP contribution in [0, 0.1) is 11.8 Å². The molecule has 0 amide bonds. The molecule has 2 aromatic carbocycles. The highest BCUT2D eigenvalue weighted by molar-refractivity contribution is 5.78. The minimum Gasteiger partial charge on any atom is -0.493 e. The molecule has 3 atom stereocenters. The number of hydrogen-bond acceptors (Lipinski definition) is 7. The van der Waals surface area contributed by atoms with Crippen molar-refractivity contribution in [3.8, 4) is 28.7 Å². The monoisotopic (exact) mass is 398 g/mol. The Bertz CT molecular complexity index is 958. The van der Waals surface area contributed by atoms with E-state index in [-0.39, 0.29) is 30.5 Å². The van der Waals surface area contributed by atoms with Crippen LogP contribution >= 0.6 is 0 Å². The van der Waals surface area contributed by atoms with E-state index in [1.807, 2.05) is 24.3 Å². The number of fused-ring (bicyclic) bond motifs is 3. The molecular weight excluding hydrogens is 376 g/mol. The van der Waals surface area contributed by atoms with Crippen LogP contribution in [0.3, 0.4) is 0 Å². The van der Waals surface area contributed by atoms with Gasteiger partial charge in [0, 0.05) is 11.8 Å². The van der Waals surface area contributed by atoms with Crippen molar-refractivity contribution in [3.63, 3.8) is 0 Å². The molecule has 7 nitrogen and oxygen atoms in total. The van der Waals surface area contributed by atoms with Crippen LogP contribution in [0.2, 0.25) is 0 Å². The van der Waals surface area contributed by atoms with E-state index in [0.717, 1.165) is 28.9 Å². The van der Waals surface area contributed by atoms with Gasteiger partial charge in [-0.15, -0.1) is 0 Å². The van der Waals surface area contributed by atoms with Crippen molar-refractivity contribution in [1.29, 1.82) is 0 Å². The lowest BCUT2D eigenvalue weighted by molar-refractivity contribution is -0.141. The Hall–Kier alpha value is -3.09. The van der Waals surface area contributed by atoms with E-state index >= 15 is 0 Å². The zero-order valence-electron chi connectivity index (χ0n) is 16.5. The van der Waals surface area contributed by atoms with Crippen molar-refractivity contribution in [3.05, 3.63) is 41.0 Å². The fraction of sp³-hybridized carbons (Fsp3) is 0.409. The SMILES string of the molecule is COc1cc(C2c3cc4c(cc3C[C@H]3COC(=O)[C@@H]23)OCO4)cc(OC)c1OC. The minimum atomic E-state index is -0.273. The molecule has 0 radical (unpaired) electrons. The lowest BCUT2D eigenvalue weighted by Gasteiger charge is -2.34. The van der Waals surface area contributed by atoms with Gasteiger partial charge in [0.1, 0.15) is 0 Å². The van der Waals surface area contributed by atoms with E-state index in [4.69, 9.17) is 28.4 Å². The number of rotatable bonds is 4. The van der Waals surface area contributed by atoms with Gasteiger partial charge in [0.2, 0.25) is 12.5 Å². The summed E-state index contributed by atoms with van der Waals surface area (Å²) in [4.78, 5) is 12.7. The van der Waals surface area contributed by atoms with E-state index in [0.29, 0.717) is 29.6 Å². The molecule has 29 heavy (non-hydrogen) atoms. The topological polar surface area (TPSA) is 72.5 Å². The Morgan fingerprint density at radius 2 is 1.59 bits per heavy atom. The number of cyclic esters (lactones) is 1. The molecule has 0 bridgehead atoms. The summed E-state index contributed by atoms with van der Waals surface area (Å²) in [5, 5.41) is 0. The van der Waals surface area contributed by atoms with Gasteiger partial charge in [0.25, 0.3) is 0 Å². The molecule has 152 valence electrons. The maximum Gasteiger partial charge on any atom is 0.310 e. The summed E-state index contributed by atoms with van der Waals surface area (Å²) < 4.78 is 33.2. The van der Waals surface area contributed by atoms with Crippen molar-refractivity contribution in [2.45, 2.75) is 12.3 Å². The first-order valence-corrected chi connectivity index (χ1v) is 9.53. The van der Waals surface area contributed by atoms with Crippen molar-refractivity contribution >= 4 is 5.97 Å². The number of carbonyl (C=O) groups is 1. The standard InChI is InChI=1S/C22H22O7/c1-24-17-6-12(7-18(25-2)21(17)26-3)19-14-8-16-15(28-10-29-16)5-11(14)4-13-9-27-22(23)20(13)19/h5-8,13,19-20H,4,9-10H2,1-3H3/t13-,19?,20+/m0/s1. The molecule has 1 aliphatic carbocycles. The van der Waals surface area contributed by atoms with E-state index in [1.54, 1.807) is 21.3 Å². The first-order valence-electron chi connectivity index (χ1n) is 9.53. The second-order valence-electron chi connectivity index (χ2n) is 7.46. The van der Waals surface area contributed by atoms with Crippen LogP contribution in [0.15, 0.2) is 24.3 Å². The van der Waals surface area contributed by atoms with Crippen LogP contribution in [0.1, 0.15) is 22.6 Å². The molecule has 3 aliphatic rings. The van der Waals surface area contributed by atoms with Gasteiger partial charge in [0.05, 0.1) is 33.9 Å². The summed E-state index contributed by atoms with van der Waals surface area (Å²) >= 11 is 0. The molecule has 1 fully saturated rings. The van der Waals surface area contributed by atoms with Crippen molar-refractivity contribution < 1.29 is 33.2 Å². The predicted molar refractivity (Wildman–Crippen MR) is 102 cm³/mol. The number of methoxy groups -OCH3 is 3. The predicted octanol–water partition coefficient (Wildman–Crippen LogP) is 2.92. The Kier molecular flexibility index (Phi) is 4.19. The van der Waals surface area contributed by atoms with Gasteiger partial charge in [-0.25, -0.2) is 0 Å². The van der Waals surface area contributed by atoms with Crippen LogP contribution in [0.4, 0.5) is 0 Å². The molecular formula is C22H22O7. The highest BCUT2D eigenvalue weighted by Gasteiger charge is 2.48. The third kappa shape index (κ3) is 2.68. The van der Waals surface area contributed by atoms with Gasteiger partial charge in [0.15, 0.2) is 23.0 Å². The number of ether oxygens (including phenoxy) is 6. The van der Waals surface area contributed by atoms with Gasteiger partial charge in [-0.3, -0.25) is 4.79 Å². The second-order valence-corrected chi connectivity index (χ2v) is 7.46. The van der Waals surface area contributed by atoms with Crippen LogP contribution < -0.4 is 23.7 Å². The van der Waals surface area contributed by atoms with Crippen LogP contribution in [0.25, 0.3) is 0 Å². The van der Waals surface area contributed by atoms with E-state index < -0.39 is 0 Å². The molecule has 2 heterocycles. The molecule has 2 aliphatic heterocycles. The molecule has 2 aromatic rings. The molecule has 0 saturated carbocycles. The second kappa shape index (κ2) is 6.76. The summed E-state index contributed by atoms with van der Waals surface area (Å²) in [6.07, 6.45) is 0.767. The van der Waals surface area contributed by atoms with Crippen LogP contribution in [-0.2, 0) is 16.0 Å². The average molecular weight is 398 g/mol. The zero-order chi connectivity index (χ0) is 20.1. The third-order valence-corrected chi connectivity index (χ3v) is 6.08. The number of carbonyl (C=O) groups excluding carboxylic acids is 1. The summed E-state index contributed by atoms with van der Waals surface area (Å²) in [6.45, 7) is 0.639. The largest absolute Gasteiger partial charge is 0.493 e. The normalized spacial score (nSPS) is 23.8. The number of hydrogen-bond donors (Lipinski definition) is 0. The summed E-state index contributed by atoms with van der Waals surface area (Å²) in [5.41, 5.74) is 3.10. The fourth-order valence-corrected chi connectivity index (χ4v) is 4.79. The zero-order valence-corrected chi connectivity index (χ0v) is 16.5. The molecule has 0 N–H and O–H groups in total. The molecule has 1 unspecified atom stereocenters. The average Bonchev–Trinajstić information content (AvgIpc) is 3.35. The van der Waals surface area contributed by atoms with Gasteiger partial charge in [-0.05, 0) is 47.4 Å². The first kappa shape index (κ1) is 18.0. The Morgan fingerprint density at radius 3 is 2.24 bits per heavy atom. The molecule has 7 heteroatoms. The molecule has 0 spiro atoms. The Labute approximate surface area is 168 Å². The minimum absolute atomic E-state index is 0.111. The highest BCUT2D eigenvalue weighted by Crippen LogP contribution is 2.52. The molecule has 5 rings (SSSR count). The lowest BCUT2D eigenvalue weighted by Crippen LogP contribution is -2.31. The van der Waals surface area contributed by atoms with Crippen LogP contribution in [0.5, 0.6) is 28.7 Å².